The van der Waals surface area contributed by atoms with Crippen LogP contribution in [0.5, 0.6) is 0 Å². The summed E-state index contributed by atoms with van der Waals surface area (Å²) in [7, 11) is -2.49. The molecule has 1 atom stereocenters. The van der Waals surface area contributed by atoms with Gasteiger partial charge in [0.15, 0.2) is 0 Å². The largest absolute Gasteiger partial charge is 0.320 e. The van der Waals surface area contributed by atoms with E-state index in [2.05, 4.69) is 11.8 Å². The minimum absolute atomic E-state index is 0.0384. The first-order valence-corrected chi connectivity index (χ1v) is 7.62. The number of halogens is 1. The molecule has 0 aliphatic rings. The van der Waals surface area contributed by atoms with Crippen LogP contribution in [0.15, 0.2) is 23.1 Å². The van der Waals surface area contributed by atoms with E-state index >= 15 is 0 Å². The van der Waals surface area contributed by atoms with Crippen LogP contribution in [0, 0.1) is 29.0 Å². The molecule has 0 saturated heterocycles. The minimum Gasteiger partial charge on any atom is -0.320 e. The third-order valence-corrected chi connectivity index (χ3v) is 4.96. The highest BCUT2D eigenvalue weighted by Crippen LogP contribution is 2.22. The molecule has 1 aromatic carbocycles. The maximum atomic E-state index is 13.3. The summed E-state index contributed by atoms with van der Waals surface area (Å²) in [6, 6.07) is 4.70. The predicted octanol–water partition coefficient (Wildman–Crippen LogP) is 1.06. The summed E-state index contributed by atoms with van der Waals surface area (Å²) in [6.07, 6.45) is 0.0563. The summed E-state index contributed by atoms with van der Waals surface area (Å²) in [5, 5.41) is 8.67. The fourth-order valence-corrected chi connectivity index (χ4v) is 3.11. The first kappa shape index (κ1) is 17.1. The molecule has 5 nitrogen and oxygen atoms in total. The summed E-state index contributed by atoms with van der Waals surface area (Å²) >= 11 is 0. The molecule has 21 heavy (non-hydrogen) atoms. The van der Waals surface area contributed by atoms with Crippen LogP contribution in [0.3, 0.4) is 0 Å². The highest BCUT2D eigenvalue weighted by molar-refractivity contribution is 7.89. The van der Waals surface area contributed by atoms with E-state index < -0.39 is 21.9 Å². The lowest BCUT2D eigenvalue weighted by Crippen LogP contribution is -2.35. The predicted molar refractivity (Wildman–Crippen MR) is 77.0 cm³/mol. The van der Waals surface area contributed by atoms with Gasteiger partial charge in [0.05, 0.1) is 23.9 Å². The van der Waals surface area contributed by atoms with Gasteiger partial charge < -0.3 is 5.73 Å². The van der Waals surface area contributed by atoms with Crippen LogP contribution in [0.2, 0.25) is 0 Å². The second-order valence-corrected chi connectivity index (χ2v) is 6.34. The van der Waals surface area contributed by atoms with Crippen molar-refractivity contribution >= 4 is 10.0 Å². The van der Waals surface area contributed by atoms with Crippen LogP contribution in [0.1, 0.15) is 18.9 Å². The Labute approximate surface area is 124 Å². The standard InChI is InChI=1S/C14H16FN3O2S/c1-11(7-9-17)18(2)21(19,20)14-6-5-13(15)10-12(14)4-3-8-16/h5-6,10-11H,7-8,16H2,1-2H3. The second-order valence-electron chi connectivity index (χ2n) is 4.38. The average molecular weight is 309 g/mol. The van der Waals surface area contributed by atoms with E-state index in [1.165, 1.54) is 13.1 Å². The van der Waals surface area contributed by atoms with Crippen molar-refractivity contribution in [3.8, 4) is 17.9 Å². The van der Waals surface area contributed by atoms with Crippen molar-refractivity contribution in [3.63, 3.8) is 0 Å². The van der Waals surface area contributed by atoms with Crippen molar-refractivity contribution in [2.24, 2.45) is 5.73 Å². The molecule has 1 rings (SSSR count). The van der Waals surface area contributed by atoms with E-state index in [4.69, 9.17) is 11.0 Å². The van der Waals surface area contributed by atoms with Crippen LogP contribution in [-0.4, -0.2) is 32.4 Å². The highest BCUT2D eigenvalue weighted by Gasteiger charge is 2.27. The molecular formula is C14H16FN3O2S. The van der Waals surface area contributed by atoms with Gasteiger partial charge in [-0.05, 0) is 25.1 Å². The van der Waals surface area contributed by atoms with Crippen LogP contribution < -0.4 is 5.73 Å². The van der Waals surface area contributed by atoms with Gasteiger partial charge in [-0.2, -0.15) is 9.57 Å². The van der Waals surface area contributed by atoms with Crippen LogP contribution in [0.25, 0.3) is 0 Å². The number of nitriles is 1. The van der Waals surface area contributed by atoms with E-state index in [0.29, 0.717) is 0 Å². The Kier molecular flexibility index (Phi) is 5.86. The normalized spacial score (nSPS) is 12.4. The second kappa shape index (κ2) is 7.19. The van der Waals surface area contributed by atoms with Crippen molar-refractivity contribution in [1.29, 1.82) is 5.26 Å². The van der Waals surface area contributed by atoms with E-state index in [1.54, 1.807) is 6.92 Å². The maximum Gasteiger partial charge on any atom is 0.244 e. The molecule has 0 aliphatic heterocycles. The maximum absolute atomic E-state index is 13.3. The Morgan fingerprint density at radius 3 is 2.71 bits per heavy atom. The van der Waals surface area contributed by atoms with E-state index in [9.17, 15) is 12.8 Å². The number of nitrogens with zero attached hydrogens (tertiary/aromatic N) is 2. The minimum atomic E-state index is -3.87. The van der Waals surface area contributed by atoms with Gasteiger partial charge >= 0.3 is 0 Å². The lowest BCUT2D eigenvalue weighted by atomic mass is 10.2. The van der Waals surface area contributed by atoms with Gasteiger partial charge in [0.25, 0.3) is 0 Å². The topological polar surface area (TPSA) is 87.2 Å². The zero-order valence-electron chi connectivity index (χ0n) is 11.8. The van der Waals surface area contributed by atoms with Gasteiger partial charge in [-0.3, -0.25) is 0 Å². The number of nitrogens with two attached hydrogens (primary N) is 1. The summed E-state index contributed by atoms with van der Waals surface area (Å²) in [4.78, 5) is -0.0999. The van der Waals surface area contributed by atoms with E-state index in [0.717, 1.165) is 16.4 Å². The first-order valence-electron chi connectivity index (χ1n) is 6.18. The van der Waals surface area contributed by atoms with Crippen LogP contribution in [-0.2, 0) is 10.0 Å². The number of benzene rings is 1. The van der Waals surface area contributed by atoms with Crippen molar-refractivity contribution in [3.05, 3.63) is 29.6 Å². The van der Waals surface area contributed by atoms with Crippen molar-refractivity contribution in [2.45, 2.75) is 24.3 Å². The third kappa shape index (κ3) is 4.02. The molecule has 2 N–H and O–H groups in total. The van der Waals surface area contributed by atoms with E-state index in [1.807, 2.05) is 6.07 Å². The number of sulfonamides is 1. The first-order chi connectivity index (χ1) is 9.84. The van der Waals surface area contributed by atoms with E-state index in [-0.39, 0.29) is 23.4 Å². The molecular weight excluding hydrogens is 293 g/mol. The molecule has 0 spiro atoms. The lowest BCUT2D eigenvalue weighted by molar-refractivity contribution is 0.393. The molecule has 0 saturated carbocycles. The molecule has 1 unspecified atom stereocenters. The SMILES string of the molecule is CC(CC#N)N(C)S(=O)(=O)c1ccc(F)cc1C#CCN. The molecule has 0 aliphatic carbocycles. The zero-order chi connectivity index (χ0) is 16.0. The van der Waals surface area contributed by atoms with Crippen LogP contribution in [0.4, 0.5) is 4.39 Å². The van der Waals surface area contributed by atoms with Gasteiger partial charge in [0.1, 0.15) is 5.82 Å². The molecule has 1 aromatic rings. The Balaban J connectivity index is 3.35. The molecule has 0 aromatic heterocycles. The fraction of sp³-hybridized carbons (Fsp3) is 0.357. The van der Waals surface area contributed by atoms with Gasteiger partial charge in [-0.15, -0.1) is 0 Å². The molecule has 112 valence electrons. The summed E-state index contributed by atoms with van der Waals surface area (Å²) in [5.41, 5.74) is 5.31. The van der Waals surface area contributed by atoms with Gasteiger partial charge in [0, 0.05) is 18.7 Å². The molecule has 0 amide bonds. The van der Waals surface area contributed by atoms with Crippen molar-refractivity contribution in [2.75, 3.05) is 13.6 Å². The zero-order valence-corrected chi connectivity index (χ0v) is 12.6. The van der Waals surface area contributed by atoms with Crippen molar-refractivity contribution < 1.29 is 12.8 Å². The van der Waals surface area contributed by atoms with Gasteiger partial charge in [0.2, 0.25) is 10.0 Å². The lowest BCUT2D eigenvalue weighted by Gasteiger charge is -2.23. The average Bonchev–Trinajstić information content (AvgIpc) is 2.44. The molecule has 0 fully saturated rings. The van der Waals surface area contributed by atoms with Gasteiger partial charge in [-0.25, -0.2) is 12.8 Å². The summed E-state index contributed by atoms with van der Waals surface area (Å²) in [5.74, 6) is 4.49. The summed E-state index contributed by atoms with van der Waals surface area (Å²) < 4.78 is 39.5. The Hall–Kier alpha value is -1.93. The van der Waals surface area contributed by atoms with Gasteiger partial charge in [-0.1, -0.05) is 11.8 Å². The van der Waals surface area contributed by atoms with Crippen molar-refractivity contribution in [1.82, 2.24) is 4.31 Å². The Morgan fingerprint density at radius 1 is 1.48 bits per heavy atom. The number of hydrogen-bond acceptors (Lipinski definition) is 4. The quantitative estimate of drug-likeness (QED) is 0.842. The Morgan fingerprint density at radius 2 is 2.14 bits per heavy atom. The summed E-state index contributed by atoms with van der Waals surface area (Å²) in [6.45, 7) is 1.66. The third-order valence-electron chi connectivity index (χ3n) is 2.93. The molecule has 0 radical (unpaired) electrons. The smallest absolute Gasteiger partial charge is 0.244 e. The fourth-order valence-electron chi connectivity index (χ4n) is 1.62. The number of rotatable bonds is 4. The van der Waals surface area contributed by atoms with Crippen LogP contribution >= 0.6 is 0 Å². The Bertz CT molecular complexity index is 714. The molecule has 0 heterocycles. The monoisotopic (exact) mass is 309 g/mol. The highest BCUT2D eigenvalue weighted by atomic mass is 32.2. The number of hydrogen-bond donors (Lipinski definition) is 1. The molecule has 7 heteroatoms. The molecule has 0 bridgehead atoms.